The van der Waals surface area contributed by atoms with Crippen molar-refractivity contribution in [3.63, 3.8) is 0 Å². The number of carbonyl (C=O) groups is 7. The van der Waals surface area contributed by atoms with Crippen LogP contribution in [0, 0.1) is 24.7 Å². The number of aliphatic carboxylic acids is 1. The van der Waals surface area contributed by atoms with Crippen LogP contribution in [-0.4, -0.2) is 111 Å². The van der Waals surface area contributed by atoms with Gasteiger partial charge in [-0.1, -0.05) is 6.92 Å². The van der Waals surface area contributed by atoms with E-state index in [-0.39, 0.29) is 65.0 Å². The molecule has 0 spiro atoms. The van der Waals surface area contributed by atoms with Crippen LogP contribution in [0.2, 0.25) is 0 Å². The van der Waals surface area contributed by atoms with E-state index in [4.69, 9.17) is 25.7 Å². The summed E-state index contributed by atoms with van der Waals surface area (Å²) < 4.78 is 0. The van der Waals surface area contributed by atoms with E-state index in [9.17, 15) is 43.8 Å². The highest BCUT2D eigenvalue weighted by atomic mass is 32.1. The summed E-state index contributed by atoms with van der Waals surface area (Å²) in [6.45, 7) is 3.72. The van der Waals surface area contributed by atoms with Gasteiger partial charge >= 0.3 is 12.0 Å². The lowest BCUT2D eigenvalue weighted by Gasteiger charge is -2.26. The van der Waals surface area contributed by atoms with Gasteiger partial charge in [0, 0.05) is 56.3 Å². The number of fused-ring (bicyclic) bond motifs is 16. The number of urea groups is 1. The predicted octanol–water partition coefficient (Wildman–Crippen LogP) is 5.91. The van der Waals surface area contributed by atoms with Crippen LogP contribution < -0.4 is 27.0 Å². The summed E-state index contributed by atoms with van der Waals surface area (Å²) in [6.07, 6.45) is 1.29. The lowest BCUT2D eigenvalue weighted by atomic mass is 9.82. The van der Waals surface area contributed by atoms with Crippen LogP contribution in [0.3, 0.4) is 0 Å². The molecule has 7 amide bonds. The fourth-order valence-corrected chi connectivity index (χ4v) is 14.0. The van der Waals surface area contributed by atoms with Gasteiger partial charge in [-0.25, -0.2) is 39.7 Å². The topological polar surface area (TPSA) is 328 Å². The minimum Gasteiger partial charge on any atom is -0.481 e. The van der Waals surface area contributed by atoms with Crippen LogP contribution in [0.25, 0.3) is 43.4 Å². The maximum atomic E-state index is 14.0. The lowest BCUT2D eigenvalue weighted by Crippen LogP contribution is -2.43. The number of primary amides is 1. The average molecular weight is 1110 g/mol. The Labute approximate surface area is 444 Å². The van der Waals surface area contributed by atoms with E-state index in [1.807, 2.05) is 0 Å². The maximum Gasteiger partial charge on any atom is 0.325 e. The molecule has 9 heterocycles. The zero-order valence-electron chi connectivity index (χ0n) is 39.0. The molecule has 22 nitrogen and oxygen atoms in total. The third-order valence-electron chi connectivity index (χ3n) is 12.8. The number of aliphatic hydroxyl groups is 1. The summed E-state index contributed by atoms with van der Waals surface area (Å²) >= 11 is 7.14. The number of aryl methyl sites for hydroxylation is 1. The van der Waals surface area contributed by atoms with Gasteiger partial charge in [0.15, 0.2) is 0 Å². The molecule has 0 aromatic carbocycles. The second kappa shape index (κ2) is 21.2. The molecular formula is C46H43N13O9S6. The van der Waals surface area contributed by atoms with Crippen molar-refractivity contribution < 1.29 is 43.8 Å². The van der Waals surface area contributed by atoms with Crippen LogP contribution in [0.5, 0.6) is 0 Å². The number of aromatic nitrogens is 7. The highest BCUT2D eigenvalue weighted by Gasteiger charge is 2.44. The van der Waals surface area contributed by atoms with E-state index in [1.165, 1.54) is 55.6 Å². The summed E-state index contributed by atoms with van der Waals surface area (Å²) in [7, 11) is 0. The zero-order chi connectivity index (χ0) is 51.9. The van der Waals surface area contributed by atoms with E-state index in [2.05, 4.69) is 36.2 Å². The number of aliphatic hydroxyl groups excluding tert-OH is 1. The van der Waals surface area contributed by atoms with Crippen molar-refractivity contribution in [1.29, 1.82) is 0 Å². The van der Waals surface area contributed by atoms with E-state index in [0.717, 1.165) is 22.7 Å². The molecule has 1 aliphatic carbocycles. The number of carboxylic acids is 1. The number of imide groups is 1. The van der Waals surface area contributed by atoms with Crippen molar-refractivity contribution in [3.8, 4) is 43.4 Å². The van der Waals surface area contributed by atoms with Gasteiger partial charge in [-0.2, -0.15) is 0 Å². The number of thiazole rings is 6. The molecule has 382 valence electrons. The molecular weight excluding hydrogens is 1070 g/mol. The molecule has 1 saturated carbocycles. The van der Waals surface area contributed by atoms with Crippen molar-refractivity contribution in [1.82, 2.24) is 61.1 Å². The number of rotatable bonds is 7. The first-order valence-corrected chi connectivity index (χ1v) is 28.2. The molecule has 1 saturated heterocycles. The van der Waals surface area contributed by atoms with Gasteiger partial charge in [-0.05, 0) is 50.7 Å². The summed E-state index contributed by atoms with van der Waals surface area (Å²) in [5.74, 6) is -4.52. The van der Waals surface area contributed by atoms with E-state index in [0.29, 0.717) is 90.5 Å². The number of nitrogens with one attached hydrogen (secondary N) is 4. The Morgan fingerprint density at radius 3 is 2.24 bits per heavy atom. The van der Waals surface area contributed by atoms with Crippen LogP contribution >= 0.6 is 68.0 Å². The highest BCUT2D eigenvalue weighted by Crippen LogP contribution is 2.42. The molecule has 0 unspecified atom stereocenters. The van der Waals surface area contributed by atoms with Gasteiger partial charge in [0.1, 0.15) is 69.9 Å². The predicted molar refractivity (Wildman–Crippen MR) is 276 cm³/mol. The van der Waals surface area contributed by atoms with Crippen LogP contribution in [0.4, 0.5) is 4.79 Å². The molecule has 10 rings (SSSR count). The summed E-state index contributed by atoms with van der Waals surface area (Å²) in [6, 6.07) is 1.04. The number of nitrogens with two attached hydrogens (primary N) is 1. The molecule has 3 aliphatic rings. The summed E-state index contributed by atoms with van der Waals surface area (Å²) in [4.78, 5) is 127. The third kappa shape index (κ3) is 10.6. The number of carbonyl (C=O) groups excluding carboxylic acids is 6. The Morgan fingerprint density at radius 2 is 1.46 bits per heavy atom. The number of pyridine rings is 1. The first-order chi connectivity index (χ1) is 35.6. The maximum absolute atomic E-state index is 14.0. The van der Waals surface area contributed by atoms with Crippen molar-refractivity contribution in [2.24, 2.45) is 23.5 Å². The number of nitrogens with zero attached hydrogens (tertiary/aromatic N) is 8. The Balaban J connectivity index is 0.991. The fourth-order valence-electron chi connectivity index (χ4n) is 8.83. The normalized spacial score (nSPS) is 21.4. The van der Waals surface area contributed by atoms with Crippen molar-refractivity contribution >= 4 is 110 Å². The highest BCUT2D eigenvalue weighted by molar-refractivity contribution is 7.15. The van der Waals surface area contributed by atoms with Crippen molar-refractivity contribution in [2.45, 2.75) is 70.7 Å². The van der Waals surface area contributed by atoms with Gasteiger partial charge < -0.3 is 36.8 Å². The zero-order valence-corrected chi connectivity index (χ0v) is 43.9. The summed E-state index contributed by atoms with van der Waals surface area (Å²) in [5, 5.41) is 42.0. The van der Waals surface area contributed by atoms with Crippen LogP contribution in [0.15, 0.2) is 39.0 Å². The monoisotopic (exact) mass is 1110 g/mol. The molecule has 7 aromatic rings. The number of amides is 7. The second-order valence-corrected chi connectivity index (χ2v) is 23.4. The van der Waals surface area contributed by atoms with Gasteiger partial charge in [0.2, 0.25) is 5.91 Å². The number of carboxylic acid groups (broad SMARTS) is 1. The van der Waals surface area contributed by atoms with Gasteiger partial charge in [-0.3, -0.25) is 34.1 Å². The van der Waals surface area contributed by atoms with Crippen LogP contribution in [-0.2, 0) is 16.1 Å². The molecule has 28 heteroatoms. The largest absolute Gasteiger partial charge is 0.481 e. The van der Waals surface area contributed by atoms with Gasteiger partial charge in [0.25, 0.3) is 23.6 Å². The first-order valence-electron chi connectivity index (χ1n) is 23.0. The minimum atomic E-state index is -1.02. The Morgan fingerprint density at radius 1 is 0.757 bits per heavy atom. The lowest BCUT2D eigenvalue weighted by molar-refractivity contribution is -0.143. The summed E-state index contributed by atoms with van der Waals surface area (Å²) in [5.41, 5.74) is 8.06. The molecule has 4 atom stereocenters. The van der Waals surface area contributed by atoms with E-state index >= 15 is 0 Å². The third-order valence-corrected chi connectivity index (χ3v) is 18.3. The Bertz CT molecular complexity index is 3350. The molecule has 7 aromatic heterocycles. The van der Waals surface area contributed by atoms with Crippen LogP contribution in [0.1, 0.15) is 113 Å². The van der Waals surface area contributed by atoms with E-state index < -0.39 is 59.7 Å². The van der Waals surface area contributed by atoms with Crippen molar-refractivity contribution in [2.75, 3.05) is 13.1 Å². The first kappa shape index (κ1) is 50.7. The Kier molecular flexibility index (Phi) is 14.5. The molecule has 2 aliphatic heterocycles. The fraction of sp³-hybridized carbons (Fsp3) is 0.348. The molecule has 8 N–H and O–H groups in total. The minimum absolute atomic E-state index is 0.0173. The molecule has 0 radical (unpaired) electrons. The van der Waals surface area contributed by atoms with Gasteiger partial charge in [0.05, 0.1) is 42.8 Å². The smallest absolute Gasteiger partial charge is 0.325 e. The van der Waals surface area contributed by atoms with E-state index in [1.54, 1.807) is 47.5 Å². The quantitative estimate of drug-likeness (QED) is 0.0975. The molecule has 74 heavy (non-hydrogen) atoms. The van der Waals surface area contributed by atoms with Gasteiger partial charge in [-0.15, -0.1) is 68.0 Å². The Hall–Kier alpha value is -6.82. The van der Waals surface area contributed by atoms with Crippen molar-refractivity contribution in [3.05, 3.63) is 81.7 Å². The molecule has 2 fully saturated rings. The number of hydrogen-bond acceptors (Lipinski definition) is 21. The standard InChI is InChI=1S/C46H43N13O9S6/c1-18-30(60)12-59-35(18)44-56-29(17-73-44)42-53-25(13-71-42)34-22(7-8-23(51-34)41-55-26(15-72-41)36(62)48-10-20-3-5-21(6-4-20)45(66)67)40-54-28(16-70-40)37(63)52-24(9-31(47)61)43-57-33(19(2)74-43)39(65)49-11-32-50-27(14-69-32)38(64)58-46(59)68/h7-8,13-18,20-21,24,30,35,60H,3-6,9-12H2,1-2H3,(H2,47,61)(H,48,62)(H,49,65)(H,52,63)(H,66,67)(H,58,64,68)/t18-,20?,21?,24-,30-,35-/m0/s1. The average Bonchev–Trinajstić information content (AvgIpc) is 4.24. The second-order valence-electron chi connectivity index (χ2n) is 17.8. The number of hydrogen-bond donors (Lipinski definition) is 7. The molecule has 10 bridgehead atoms. The SMILES string of the molecule is Cc1sc2nc1C(=O)NCc1nc(cs1)C(=O)NC(=O)N1C[C@H](O)[C@H](C)[C@H]1c1nc(cs1)-c1nc(cs1)-c1nc(-c3nc(C(=O)NCC4CCC(C(=O)O)CC4)cs3)ccc1-c1nc(cs1)C(=O)N[C@H]2CC(N)=O.